The lowest BCUT2D eigenvalue weighted by Crippen LogP contribution is -2.43. The molecule has 98 valence electrons. The van der Waals surface area contributed by atoms with E-state index in [-0.39, 0.29) is 5.91 Å². The van der Waals surface area contributed by atoms with Crippen LogP contribution in [0.4, 0.5) is 0 Å². The van der Waals surface area contributed by atoms with Crippen LogP contribution < -0.4 is 5.32 Å². The highest BCUT2D eigenvalue weighted by molar-refractivity contribution is 5.96. The lowest BCUT2D eigenvalue weighted by atomic mass is 10.0. The normalized spacial score (nSPS) is 17.7. The number of piperidine rings is 1. The van der Waals surface area contributed by atoms with E-state index in [1.54, 1.807) is 0 Å². The average Bonchev–Trinajstić information content (AvgIpc) is 2.35. The molecular formula is C15H22N2O. The van der Waals surface area contributed by atoms with Crippen molar-refractivity contribution in [3.05, 3.63) is 34.9 Å². The van der Waals surface area contributed by atoms with Crippen LogP contribution in [0, 0.1) is 13.8 Å². The summed E-state index contributed by atoms with van der Waals surface area (Å²) in [5.41, 5.74) is 2.99. The molecule has 0 aromatic heterocycles. The van der Waals surface area contributed by atoms with E-state index in [0.717, 1.165) is 42.6 Å². The van der Waals surface area contributed by atoms with Crippen LogP contribution in [0.5, 0.6) is 0 Å². The molecule has 1 aliphatic heterocycles. The Morgan fingerprint density at radius 1 is 1.28 bits per heavy atom. The Balaban J connectivity index is 2.01. The second kappa shape index (κ2) is 5.53. The molecule has 0 saturated carbocycles. The van der Waals surface area contributed by atoms with Crippen LogP contribution in [0.3, 0.4) is 0 Å². The molecule has 18 heavy (non-hydrogen) atoms. The molecule has 2 rings (SSSR count). The highest BCUT2D eigenvalue weighted by Crippen LogP contribution is 2.13. The van der Waals surface area contributed by atoms with Gasteiger partial charge >= 0.3 is 0 Å². The van der Waals surface area contributed by atoms with E-state index in [1.807, 2.05) is 32.0 Å². The topological polar surface area (TPSA) is 32.3 Å². The summed E-state index contributed by atoms with van der Waals surface area (Å²) >= 11 is 0. The maximum atomic E-state index is 12.2. The predicted octanol–water partition coefficient (Wildman–Crippen LogP) is 2.13. The molecule has 3 nitrogen and oxygen atoms in total. The van der Waals surface area contributed by atoms with Gasteiger partial charge in [0, 0.05) is 11.6 Å². The van der Waals surface area contributed by atoms with Gasteiger partial charge in [0.25, 0.3) is 5.91 Å². The minimum absolute atomic E-state index is 0.0748. The van der Waals surface area contributed by atoms with Gasteiger partial charge in [0.15, 0.2) is 0 Å². The Hall–Kier alpha value is -1.35. The fourth-order valence-corrected chi connectivity index (χ4v) is 2.40. The van der Waals surface area contributed by atoms with Crippen LogP contribution in [0.2, 0.25) is 0 Å². The summed E-state index contributed by atoms with van der Waals surface area (Å²) in [6, 6.07) is 6.36. The average molecular weight is 246 g/mol. The van der Waals surface area contributed by atoms with E-state index in [4.69, 9.17) is 0 Å². The number of nitrogens with zero attached hydrogens (tertiary/aromatic N) is 1. The van der Waals surface area contributed by atoms with Crippen LogP contribution in [-0.2, 0) is 0 Å². The third-order valence-electron chi connectivity index (χ3n) is 3.69. The standard InChI is InChI=1S/C15H22N2O/c1-11-4-5-12(2)14(10-11)15(18)16-13-6-8-17(3)9-7-13/h4-5,10,13H,6-9H2,1-3H3,(H,16,18). The maximum Gasteiger partial charge on any atom is 0.251 e. The zero-order valence-corrected chi connectivity index (χ0v) is 11.5. The van der Waals surface area contributed by atoms with Crippen LogP contribution in [0.1, 0.15) is 34.3 Å². The second-order valence-electron chi connectivity index (χ2n) is 5.37. The molecule has 0 aliphatic carbocycles. The van der Waals surface area contributed by atoms with Crippen molar-refractivity contribution in [2.75, 3.05) is 20.1 Å². The van der Waals surface area contributed by atoms with Crippen LogP contribution in [0.25, 0.3) is 0 Å². The van der Waals surface area contributed by atoms with Gasteiger partial charge < -0.3 is 10.2 Å². The number of likely N-dealkylation sites (tertiary alicyclic amines) is 1. The fraction of sp³-hybridized carbons (Fsp3) is 0.533. The molecule has 1 fully saturated rings. The van der Waals surface area contributed by atoms with Gasteiger partial charge in [-0.3, -0.25) is 4.79 Å². The Kier molecular flexibility index (Phi) is 4.02. The van der Waals surface area contributed by atoms with Gasteiger partial charge in [-0.2, -0.15) is 0 Å². The van der Waals surface area contributed by atoms with E-state index in [2.05, 4.69) is 17.3 Å². The number of rotatable bonds is 2. The third kappa shape index (κ3) is 3.10. The lowest BCUT2D eigenvalue weighted by molar-refractivity contribution is 0.0916. The Bertz CT molecular complexity index is 434. The number of aryl methyl sites for hydroxylation is 2. The minimum Gasteiger partial charge on any atom is -0.349 e. The van der Waals surface area contributed by atoms with E-state index in [0.29, 0.717) is 6.04 Å². The molecule has 1 aromatic carbocycles. The lowest BCUT2D eigenvalue weighted by Gasteiger charge is -2.29. The van der Waals surface area contributed by atoms with Crippen molar-refractivity contribution >= 4 is 5.91 Å². The number of carbonyl (C=O) groups is 1. The molecule has 0 atom stereocenters. The summed E-state index contributed by atoms with van der Waals surface area (Å²) in [6.07, 6.45) is 2.10. The number of nitrogens with one attached hydrogen (secondary N) is 1. The molecular weight excluding hydrogens is 224 g/mol. The first-order valence-corrected chi connectivity index (χ1v) is 6.63. The molecule has 1 amide bonds. The summed E-state index contributed by atoms with van der Waals surface area (Å²) in [7, 11) is 2.13. The monoisotopic (exact) mass is 246 g/mol. The third-order valence-corrected chi connectivity index (χ3v) is 3.69. The van der Waals surface area contributed by atoms with Crippen LogP contribution in [0.15, 0.2) is 18.2 Å². The van der Waals surface area contributed by atoms with Crippen LogP contribution >= 0.6 is 0 Å². The highest BCUT2D eigenvalue weighted by atomic mass is 16.1. The molecule has 1 N–H and O–H groups in total. The largest absolute Gasteiger partial charge is 0.349 e. The number of amides is 1. The van der Waals surface area contributed by atoms with Crippen molar-refractivity contribution in [1.82, 2.24) is 10.2 Å². The van der Waals surface area contributed by atoms with Crippen molar-refractivity contribution in [2.45, 2.75) is 32.7 Å². The summed E-state index contributed by atoms with van der Waals surface area (Å²) in [5.74, 6) is 0.0748. The predicted molar refractivity (Wildman–Crippen MR) is 73.9 cm³/mol. The summed E-state index contributed by atoms with van der Waals surface area (Å²) in [6.45, 7) is 6.14. The van der Waals surface area contributed by atoms with Crippen molar-refractivity contribution in [2.24, 2.45) is 0 Å². The minimum atomic E-state index is 0.0748. The van der Waals surface area contributed by atoms with E-state index < -0.39 is 0 Å². The molecule has 0 radical (unpaired) electrons. The summed E-state index contributed by atoms with van der Waals surface area (Å²) < 4.78 is 0. The van der Waals surface area contributed by atoms with Gasteiger partial charge in [0.05, 0.1) is 0 Å². The first-order valence-electron chi connectivity index (χ1n) is 6.63. The SMILES string of the molecule is Cc1ccc(C)c(C(=O)NC2CCN(C)CC2)c1. The van der Waals surface area contributed by atoms with E-state index in [1.165, 1.54) is 0 Å². The van der Waals surface area contributed by atoms with Crippen molar-refractivity contribution in [3.8, 4) is 0 Å². The highest BCUT2D eigenvalue weighted by Gasteiger charge is 2.19. The smallest absolute Gasteiger partial charge is 0.251 e. The Morgan fingerprint density at radius 3 is 2.61 bits per heavy atom. The number of hydrogen-bond acceptors (Lipinski definition) is 2. The number of carbonyl (C=O) groups excluding carboxylic acids is 1. The number of benzene rings is 1. The zero-order chi connectivity index (χ0) is 13.1. The van der Waals surface area contributed by atoms with Crippen LogP contribution in [-0.4, -0.2) is 37.0 Å². The summed E-state index contributed by atoms with van der Waals surface area (Å²) in [5, 5.41) is 3.16. The molecule has 1 aliphatic rings. The molecule has 1 aromatic rings. The van der Waals surface area contributed by atoms with E-state index in [9.17, 15) is 4.79 Å². The molecule has 0 spiro atoms. The first-order chi connectivity index (χ1) is 8.56. The van der Waals surface area contributed by atoms with E-state index >= 15 is 0 Å². The van der Waals surface area contributed by atoms with Gasteiger partial charge in [-0.25, -0.2) is 0 Å². The fourth-order valence-electron chi connectivity index (χ4n) is 2.40. The number of hydrogen-bond donors (Lipinski definition) is 1. The van der Waals surface area contributed by atoms with Gasteiger partial charge in [-0.1, -0.05) is 17.7 Å². The molecule has 1 saturated heterocycles. The zero-order valence-electron chi connectivity index (χ0n) is 11.5. The maximum absolute atomic E-state index is 12.2. The van der Waals surface area contributed by atoms with Crippen molar-refractivity contribution < 1.29 is 4.79 Å². The van der Waals surface area contributed by atoms with Crippen molar-refractivity contribution in [3.63, 3.8) is 0 Å². The van der Waals surface area contributed by atoms with Crippen molar-refractivity contribution in [1.29, 1.82) is 0 Å². The molecule has 3 heteroatoms. The van der Waals surface area contributed by atoms with Gasteiger partial charge in [-0.05, 0) is 58.5 Å². The second-order valence-corrected chi connectivity index (χ2v) is 5.37. The van der Waals surface area contributed by atoms with Gasteiger partial charge in [0.1, 0.15) is 0 Å². The Labute approximate surface area is 109 Å². The molecule has 1 heterocycles. The quantitative estimate of drug-likeness (QED) is 0.867. The summed E-state index contributed by atoms with van der Waals surface area (Å²) in [4.78, 5) is 14.5. The molecule has 0 bridgehead atoms. The Morgan fingerprint density at radius 2 is 1.94 bits per heavy atom. The molecule has 0 unspecified atom stereocenters. The van der Waals surface area contributed by atoms with Gasteiger partial charge in [-0.15, -0.1) is 0 Å². The first kappa shape index (κ1) is 13.1. The van der Waals surface area contributed by atoms with Gasteiger partial charge in [0.2, 0.25) is 0 Å².